The van der Waals surface area contributed by atoms with Crippen LogP contribution in [0.25, 0.3) is 12.2 Å². The molecule has 1 aromatic heterocycles. The molecule has 9 heteroatoms. The van der Waals surface area contributed by atoms with Crippen molar-refractivity contribution >= 4 is 45.4 Å². The summed E-state index contributed by atoms with van der Waals surface area (Å²) >= 11 is 5.99. The van der Waals surface area contributed by atoms with E-state index in [2.05, 4.69) is 22.6 Å². The van der Waals surface area contributed by atoms with Crippen LogP contribution < -0.4 is 5.32 Å². The molecule has 1 saturated heterocycles. The number of nitrogens with zero attached hydrogens (tertiary/aromatic N) is 2. The van der Waals surface area contributed by atoms with Crippen LogP contribution in [0, 0.1) is 33.6 Å². The molecule has 0 spiro atoms. The Morgan fingerprint density at radius 3 is 2.39 bits per heavy atom. The van der Waals surface area contributed by atoms with Gasteiger partial charge in [0, 0.05) is 29.7 Å². The van der Waals surface area contributed by atoms with Gasteiger partial charge in [0.25, 0.3) is 0 Å². The van der Waals surface area contributed by atoms with Crippen LogP contribution in [0.2, 0.25) is 5.02 Å². The molecule has 190 valence electrons. The minimum atomic E-state index is -3.85. The Hall–Kier alpha value is -2.94. The van der Waals surface area contributed by atoms with Crippen molar-refractivity contribution in [2.45, 2.75) is 45.4 Å². The maximum absolute atomic E-state index is 13.6. The van der Waals surface area contributed by atoms with Crippen molar-refractivity contribution < 1.29 is 17.7 Å². The molecule has 36 heavy (non-hydrogen) atoms. The first-order valence-corrected chi connectivity index (χ1v) is 13.7. The van der Waals surface area contributed by atoms with Gasteiger partial charge in [-0.3, -0.25) is 4.79 Å². The van der Waals surface area contributed by atoms with Crippen LogP contribution in [0.5, 0.6) is 0 Å². The van der Waals surface area contributed by atoms with Crippen LogP contribution in [0.1, 0.15) is 46.5 Å². The van der Waals surface area contributed by atoms with Gasteiger partial charge >= 0.3 is 0 Å². The zero-order chi connectivity index (χ0) is 26.0. The first-order chi connectivity index (χ1) is 17.1. The number of piperidine rings is 1. The second-order valence-electron chi connectivity index (χ2n) is 9.29. The predicted octanol–water partition coefficient (Wildman–Crippen LogP) is 5.77. The summed E-state index contributed by atoms with van der Waals surface area (Å²) in [5, 5.41) is 7.35. The summed E-state index contributed by atoms with van der Waals surface area (Å²) in [6, 6.07) is 11.1. The number of benzene rings is 2. The molecule has 1 amide bonds. The van der Waals surface area contributed by atoms with E-state index in [9.17, 15) is 13.2 Å². The van der Waals surface area contributed by atoms with Gasteiger partial charge in [0.15, 0.2) is 10.7 Å². The monoisotopic (exact) mass is 527 g/mol. The van der Waals surface area contributed by atoms with Crippen LogP contribution in [-0.2, 0) is 14.8 Å². The van der Waals surface area contributed by atoms with Gasteiger partial charge in [0.05, 0.1) is 0 Å². The first kappa shape index (κ1) is 26.1. The van der Waals surface area contributed by atoms with Crippen molar-refractivity contribution in [2.24, 2.45) is 5.92 Å². The molecule has 3 aromatic rings. The van der Waals surface area contributed by atoms with Crippen molar-refractivity contribution in [2.75, 3.05) is 18.4 Å². The summed E-state index contributed by atoms with van der Waals surface area (Å²) in [5.41, 5.74) is 5.33. The fraction of sp³-hybridized carbons (Fsp3) is 0.333. The molecular weight excluding hydrogens is 498 g/mol. The highest BCUT2D eigenvalue weighted by molar-refractivity contribution is 7.89. The Morgan fingerprint density at radius 2 is 1.75 bits per heavy atom. The second-order valence-corrected chi connectivity index (χ2v) is 11.6. The van der Waals surface area contributed by atoms with Crippen LogP contribution in [-0.4, -0.2) is 36.9 Å². The fourth-order valence-electron chi connectivity index (χ4n) is 4.71. The maximum Gasteiger partial charge on any atom is 0.248 e. The maximum atomic E-state index is 13.6. The van der Waals surface area contributed by atoms with Gasteiger partial charge in [0.2, 0.25) is 15.9 Å². The van der Waals surface area contributed by atoms with Crippen LogP contribution in [0.15, 0.2) is 45.8 Å². The van der Waals surface area contributed by atoms with Gasteiger partial charge < -0.3 is 9.84 Å². The van der Waals surface area contributed by atoms with E-state index in [1.165, 1.54) is 9.87 Å². The van der Waals surface area contributed by atoms with Crippen LogP contribution in [0.4, 0.5) is 5.69 Å². The van der Waals surface area contributed by atoms with E-state index in [0.717, 1.165) is 16.7 Å². The van der Waals surface area contributed by atoms with Crippen molar-refractivity contribution in [1.82, 2.24) is 9.46 Å². The standard InChI is InChI=1S/C27H30ClN3O4S/c1-17-14-18(2)24(19(3)15-17)8-9-25-26(20(4)30-35-25)36(33,34)31-12-10-21(11-13-31)27(32)29-23-7-5-6-22(28)16-23/h5-9,14-16,21H,10-13H2,1-4H3,(H,29,32). The van der Waals surface area contributed by atoms with E-state index in [1.807, 2.05) is 26.8 Å². The Balaban J connectivity index is 1.48. The zero-order valence-electron chi connectivity index (χ0n) is 20.8. The van der Waals surface area contributed by atoms with Gasteiger partial charge in [-0.1, -0.05) is 46.6 Å². The Bertz CT molecular complexity index is 1400. The van der Waals surface area contributed by atoms with Crippen molar-refractivity contribution in [3.63, 3.8) is 0 Å². The van der Waals surface area contributed by atoms with Crippen molar-refractivity contribution in [3.05, 3.63) is 75.1 Å². The molecule has 1 N–H and O–H groups in total. The average molecular weight is 528 g/mol. The van der Waals surface area contributed by atoms with Gasteiger partial charge in [-0.15, -0.1) is 0 Å². The molecule has 0 bridgehead atoms. The average Bonchev–Trinajstić information content (AvgIpc) is 3.19. The largest absolute Gasteiger partial charge is 0.355 e. The lowest BCUT2D eigenvalue weighted by molar-refractivity contribution is -0.120. The SMILES string of the molecule is Cc1cc(C)c(C=Cc2onc(C)c2S(=O)(=O)N2CCC(C(=O)Nc3cccc(Cl)c3)CC2)c(C)c1. The van der Waals surface area contributed by atoms with E-state index >= 15 is 0 Å². The molecule has 1 aliphatic heterocycles. The lowest BCUT2D eigenvalue weighted by atomic mass is 9.97. The van der Waals surface area contributed by atoms with Crippen molar-refractivity contribution in [1.29, 1.82) is 0 Å². The van der Waals surface area contributed by atoms with E-state index in [1.54, 1.807) is 37.3 Å². The summed E-state index contributed by atoms with van der Waals surface area (Å²) < 4.78 is 34.0. The van der Waals surface area contributed by atoms with Crippen LogP contribution in [0.3, 0.4) is 0 Å². The molecular formula is C27H30ClN3O4S. The molecule has 0 atom stereocenters. The minimum absolute atomic E-state index is 0.0722. The number of halogens is 1. The molecule has 0 radical (unpaired) electrons. The molecule has 2 heterocycles. The first-order valence-electron chi connectivity index (χ1n) is 11.8. The molecule has 0 aliphatic carbocycles. The second kappa shape index (κ2) is 10.6. The van der Waals surface area contributed by atoms with E-state index in [0.29, 0.717) is 29.2 Å². The van der Waals surface area contributed by atoms with E-state index in [-0.39, 0.29) is 35.6 Å². The Labute approximate surface area is 217 Å². The van der Waals surface area contributed by atoms with E-state index in [4.69, 9.17) is 16.1 Å². The molecule has 1 aliphatic rings. The van der Waals surface area contributed by atoms with Gasteiger partial charge in [-0.25, -0.2) is 8.42 Å². The minimum Gasteiger partial charge on any atom is -0.355 e. The number of hydrogen-bond donors (Lipinski definition) is 1. The number of carbonyl (C=O) groups is 1. The topological polar surface area (TPSA) is 92.5 Å². The number of amides is 1. The van der Waals surface area contributed by atoms with Crippen molar-refractivity contribution in [3.8, 4) is 0 Å². The lowest BCUT2D eigenvalue weighted by Crippen LogP contribution is -2.41. The quantitative estimate of drug-likeness (QED) is 0.439. The number of nitrogens with one attached hydrogen (secondary N) is 1. The summed E-state index contributed by atoms with van der Waals surface area (Å²) in [5.74, 6) is -0.221. The fourth-order valence-corrected chi connectivity index (χ4v) is 6.62. The third kappa shape index (κ3) is 5.56. The summed E-state index contributed by atoms with van der Waals surface area (Å²) in [4.78, 5) is 12.8. The number of aryl methyl sites for hydroxylation is 4. The summed E-state index contributed by atoms with van der Waals surface area (Å²) in [7, 11) is -3.85. The predicted molar refractivity (Wildman–Crippen MR) is 142 cm³/mol. The number of hydrogen-bond acceptors (Lipinski definition) is 5. The smallest absolute Gasteiger partial charge is 0.248 e. The number of carbonyl (C=O) groups excluding carboxylic acids is 1. The summed E-state index contributed by atoms with van der Waals surface area (Å²) in [6.45, 7) is 8.19. The van der Waals surface area contributed by atoms with Gasteiger partial charge in [-0.05, 0) is 81.5 Å². The highest BCUT2D eigenvalue weighted by Gasteiger charge is 2.36. The molecule has 7 nitrogen and oxygen atoms in total. The summed E-state index contributed by atoms with van der Waals surface area (Å²) in [6.07, 6.45) is 4.38. The lowest BCUT2D eigenvalue weighted by Gasteiger charge is -2.30. The highest BCUT2D eigenvalue weighted by atomic mass is 35.5. The normalized spacial score (nSPS) is 15.5. The number of aromatic nitrogens is 1. The highest BCUT2D eigenvalue weighted by Crippen LogP contribution is 2.30. The number of rotatable bonds is 6. The Kier molecular flexibility index (Phi) is 7.68. The van der Waals surface area contributed by atoms with Crippen LogP contribution >= 0.6 is 11.6 Å². The number of anilines is 1. The molecule has 4 rings (SSSR count). The third-order valence-electron chi connectivity index (χ3n) is 6.49. The Morgan fingerprint density at radius 1 is 1.08 bits per heavy atom. The third-order valence-corrected chi connectivity index (χ3v) is 8.78. The van der Waals surface area contributed by atoms with Gasteiger partial charge in [-0.2, -0.15) is 4.31 Å². The zero-order valence-corrected chi connectivity index (χ0v) is 22.4. The van der Waals surface area contributed by atoms with Gasteiger partial charge in [0.1, 0.15) is 5.69 Å². The molecule has 0 saturated carbocycles. The number of sulfonamides is 1. The molecule has 2 aromatic carbocycles. The van der Waals surface area contributed by atoms with E-state index < -0.39 is 10.0 Å². The molecule has 1 fully saturated rings. The molecule has 0 unspecified atom stereocenters.